The molecule has 3 aliphatic rings. The van der Waals surface area contributed by atoms with Crippen molar-refractivity contribution in [2.75, 3.05) is 19.6 Å². The summed E-state index contributed by atoms with van der Waals surface area (Å²) in [7, 11) is 0. The number of fused-ring (bicyclic) bond motifs is 3. The number of imide groups is 1. The molecule has 0 radical (unpaired) electrons. The van der Waals surface area contributed by atoms with Crippen molar-refractivity contribution >= 4 is 29.3 Å². The van der Waals surface area contributed by atoms with E-state index in [1.807, 2.05) is 23.1 Å². The van der Waals surface area contributed by atoms with Gasteiger partial charge in [0.2, 0.25) is 5.91 Å². The summed E-state index contributed by atoms with van der Waals surface area (Å²) in [6, 6.07) is 12.7. The van der Waals surface area contributed by atoms with Crippen LogP contribution in [0.15, 0.2) is 42.5 Å². The fourth-order valence-electron chi connectivity index (χ4n) is 5.23. The maximum Gasteiger partial charge on any atom is 0.261 e. The predicted molar refractivity (Wildman–Crippen MR) is 114 cm³/mol. The minimum atomic E-state index is -0.693. The summed E-state index contributed by atoms with van der Waals surface area (Å²) in [5, 5.41) is 0.685. The zero-order valence-corrected chi connectivity index (χ0v) is 17.6. The highest BCUT2D eigenvalue weighted by molar-refractivity contribution is 6.31. The molecule has 2 unspecified atom stereocenters. The van der Waals surface area contributed by atoms with Gasteiger partial charge in [-0.25, -0.2) is 0 Å². The zero-order chi connectivity index (χ0) is 21.0. The molecule has 6 heteroatoms. The van der Waals surface area contributed by atoms with Crippen molar-refractivity contribution in [2.24, 2.45) is 5.92 Å². The average molecular weight is 423 g/mol. The third-order valence-electron chi connectivity index (χ3n) is 6.78. The lowest BCUT2D eigenvalue weighted by molar-refractivity contribution is -0.134. The second kappa shape index (κ2) is 6.95. The molecule has 0 bridgehead atoms. The topological polar surface area (TPSA) is 57.7 Å². The molecule has 5 rings (SSSR count). The summed E-state index contributed by atoms with van der Waals surface area (Å²) >= 11 is 6.52. The number of benzene rings is 2. The lowest BCUT2D eigenvalue weighted by atomic mass is 9.88. The highest BCUT2D eigenvalue weighted by Gasteiger charge is 2.64. The zero-order valence-electron chi connectivity index (χ0n) is 16.9. The van der Waals surface area contributed by atoms with Gasteiger partial charge >= 0.3 is 0 Å². The van der Waals surface area contributed by atoms with E-state index >= 15 is 0 Å². The molecule has 2 aliphatic heterocycles. The first-order valence-electron chi connectivity index (χ1n) is 10.5. The van der Waals surface area contributed by atoms with E-state index in [0.717, 1.165) is 24.0 Å². The van der Waals surface area contributed by atoms with E-state index in [0.29, 0.717) is 35.7 Å². The third kappa shape index (κ3) is 2.64. The molecule has 0 N–H and O–H groups in total. The molecule has 3 amide bonds. The largest absolute Gasteiger partial charge is 0.342 e. The number of hydrogen-bond donors (Lipinski definition) is 0. The van der Waals surface area contributed by atoms with Crippen LogP contribution in [0.25, 0.3) is 0 Å². The molecule has 154 valence electrons. The molecule has 1 fully saturated rings. The van der Waals surface area contributed by atoms with Gasteiger partial charge in [0.25, 0.3) is 11.8 Å². The molecule has 2 heterocycles. The number of amides is 3. The van der Waals surface area contributed by atoms with Gasteiger partial charge in [-0.3, -0.25) is 19.3 Å². The quantitative estimate of drug-likeness (QED) is 0.706. The number of carbonyl (C=O) groups excluding carboxylic acids is 3. The van der Waals surface area contributed by atoms with E-state index in [4.69, 9.17) is 11.6 Å². The van der Waals surface area contributed by atoms with E-state index in [-0.39, 0.29) is 30.2 Å². The van der Waals surface area contributed by atoms with E-state index in [2.05, 4.69) is 6.92 Å². The Bertz CT molecular complexity index is 1050. The van der Waals surface area contributed by atoms with Gasteiger partial charge in [-0.1, -0.05) is 42.8 Å². The smallest absolute Gasteiger partial charge is 0.261 e. The minimum absolute atomic E-state index is 0.0955. The maximum atomic E-state index is 13.7. The predicted octanol–water partition coefficient (Wildman–Crippen LogP) is 3.69. The first-order valence-corrected chi connectivity index (χ1v) is 10.9. The van der Waals surface area contributed by atoms with E-state index in [1.165, 1.54) is 4.90 Å². The number of hydrogen-bond acceptors (Lipinski definition) is 3. The van der Waals surface area contributed by atoms with Crippen LogP contribution in [0, 0.1) is 5.92 Å². The molecule has 2 atom stereocenters. The fourth-order valence-corrected chi connectivity index (χ4v) is 5.50. The lowest BCUT2D eigenvalue weighted by Gasteiger charge is -2.26. The van der Waals surface area contributed by atoms with Crippen LogP contribution in [0.3, 0.4) is 0 Å². The summed E-state index contributed by atoms with van der Waals surface area (Å²) in [4.78, 5) is 42.6. The first kappa shape index (κ1) is 19.3. The van der Waals surface area contributed by atoms with Crippen LogP contribution in [0.5, 0.6) is 0 Å². The lowest BCUT2D eigenvalue weighted by Crippen LogP contribution is -2.41. The van der Waals surface area contributed by atoms with Gasteiger partial charge in [0.1, 0.15) is 0 Å². The number of halogens is 1. The van der Waals surface area contributed by atoms with E-state index in [1.54, 1.807) is 24.3 Å². The third-order valence-corrected chi connectivity index (χ3v) is 7.13. The highest BCUT2D eigenvalue weighted by Crippen LogP contribution is 2.58. The van der Waals surface area contributed by atoms with Gasteiger partial charge in [0.05, 0.1) is 16.5 Å². The molecule has 2 aromatic carbocycles. The van der Waals surface area contributed by atoms with E-state index < -0.39 is 5.41 Å². The van der Waals surface area contributed by atoms with Crippen molar-refractivity contribution < 1.29 is 14.4 Å². The second-order valence-electron chi connectivity index (χ2n) is 8.45. The normalized spacial score (nSPS) is 24.9. The summed E-state index contributed by atoms with van der Waals surface area (Å²) in [5.41, 5.74) is 2.19. The molecule has 1 saturated carbocycles. The minimum Gasteiger partial charge on any atom is -0.342 e. The van der Waals surface area contributed by atoms with Crippen molar-refractivity contribution in [2.45, 2.75) is 31.6 Å². The van der Waals surface area contributed by atoms with Gasteiger partial charge in [0.15, 0.2) is 0 Å². The van der Waals surface area contributed by atoms with Gasteiger partial charge in [-0.05, 0) is 54.5 Å². The number of rotatable bonds is 4. The molecule has 5 nitrogen and oxygen atoms in total. The molecule has 0 aromatic heterocycles. The first-order chi connectivity index (χ1) is 14.5. The van der Waals surface area contributed by atoms with Crippen molar-refractivity contribution in [1.82, 2.24) is 9.80 Å². The maximum absolute atomic E-state index is 13.7. The van der Waals surface area contributed by atoms with Crippen LogP contribution >= 0.6 is 11.6 Å². The van der Waals surface area contributed by atoms with Crippen LogP contribution in [-0.2, 0) is 16.6 Å². The fraction of sp³-hybridized carbons (Fsp3) is 0.375. The van der Waals surface area contributed by atoms with Gasteiger partial charge in [-0.15, -0.1) is 0 Å². The molecule has 0 saturated heterocycles. The molecule has 2 aromatic rings. The van der Waals surface area contributed by atoms with Crippen LogP contribution in [0.2, 0.25) is 5.02 Å². The Morgan fingerprint density at radius 1 is 1.03 bits per heavy atom. The summed E-state index contributed by atoms with van der Waals surface area (Å²) in [6.07, 6.45) is 2.24. The molecule has 1 aliphatic carbocycles. The summed E-state index contributed by atoms with van der Waals surface area (Å²) < 4.78 is 0. The second-order valence-corrected chi connectivity index (χ2v) is 8.85. The Morgan fingerprint density at radius 2 is 1.73 bits per heavy atom. The Labute approximate surface area is 180 Å². The standard InChI is InChI=1S/C24H23ClN2O3/c1-2-11-26-12-10-18-19(8-5-9-20(18)25)24(23(26)30)13-15(24)14-27-21(28)16-6-3-4-7-17(16)22(27)29/h3-9,15H,2,10-14H2,1H3. The van der Waals surface area contributed by atoms with Gasteiger partial charge < -0.3 is 4.90 Å². The van der Waals surface area contributed by atoms with Crippen LogP contribution in [-0.4, -0.2) is 47.2 Å². The van der Waals surface area contributed by atoms with Crippen LogP contribution < -0.4 is 0 Å². The van der Waals surface area contributed by atoms with Crippen molar-refractivity contribution in [3.8, 4) is 0 Å². The van der Waals surface area contributed by atoms with Crippen LogP contribution in [0.4, 0.5) is 0 Å². The Balaban J connectivity index is 1.50. The Hall–Kier alpha value is -2.66. The number of nitrogens with zero attached hydrogens (tertiary/aromatic N) is 2. The van der Waals surface area contributed by atoms with E-state index in [9.17, 15) is 14.4 Å². The van der Waals surface area contributed by atoms with Crippen LogP contribution in [0.1, 0.15) is 51.6 Å². The van der Waals surface area contributed by atoms with Gasteiger partial charge in [0, 0.05) is 24.7 Å². The molecule has 30 heavy (non-hydrogen) atoms. The van der Waals surface area contributed by atoms with Crippen molar-refractivity contribution in [3.05, 3.63) is 69.7 Å². The molecule has 1 spiro atoms. The van der Waals surface area contributed by atoms with Crippen molar-refractivity contribution in [1.29, 1.82) is 0 Å². The average Bonchev–Trinajstić information content (AvgIpc) is 3.44. The van der Waals surface area contributed by atoms with Crippen molar-refractivity contribution in [3.63, 3.8) is 0 Å². The summed E-state index contributed by atoms with van der Waals surface area (Å²) in [6.45, 7) is 3.66. The highest BCUT2D eigenvalue weighted by atomic mass is 35.5. The monoisotopic (exact) mass is 422 g/mol. The Kier molecular flexibility index (Phi) is 4.47. The molecular weight excluding hydrogens is 400 g/mol. The van der Waals surface area contributed by atoms with Gasteiger partial charge in [-0.2, -0.15) is 0 Å². The number of carbonyl (C=O) groups is 3. The molecular formula is C24H23ClN2O3. The Morgan fingerprint density at radius 3 is 2.40 bits per heavy atom. The SMILES string of the molecule is CCCN1CCc2c(Cl)cccc2C2(CC2CN2C(=O)c3ccccc3C2=O)C1=O. The summed E-state index contributed by atoms with van der Waals surface area (Å²) in [5.74, 6) is -0.528.